The molecule has 2 N–H and O–H groups in total. The Morgan fingerprint density at radius 1 is 1.22 bits per heavy atom. The summed E-state index contributed by atoms with van der Waals surface area (Å²) in [5.41, 5.74) is 1.22. The van der Waals surface area contributed by atoms with Crippen LogP contribution in [-0.4, -0.2) is 47.9 Å². The number of amides is 2. The summed E-state index contributed by atoms with van der Waals surface area (Å²) in [6, 6.07) is 9.26. The molecule has 1 atom stereocenters. The van der Waals surface area contributed by atoms with Crippen molar-refractivity contribution >= 4 is 28.4 Å². The van der Waals surface area contributed by atoms with Crippen molar-refractivity contribution in [3.05, 3.63) is 36.5 Å². The molecule has 2 heterocycles. The summed E-state index contributed by atoms with van der Waals surface area (Å²) >= 11 is 0. The fourth-order valence-electron chi connectivity index (χ4n) is 2.92. The highest BCUT2D eigenvalue weighted by atomic mass is 16.2. The van der Waals surface area contributed by atoms with Crippen LogP contribution in [0.25, 0.3) is 10.9 Å². The molecule has 0 radical (unpaired) electrons. The molecule has 0 spiro atoms. The number of carbonyl (C=O) groups excluding carboxylic acids is 2. The van der Waals surface area contributed by atoms with Gasteiger partial charge in [-0.3, -0.25) is 14.6 Å². The van der Waals surface area contributed by atoms with E-state index in [4.69, 9.17) is 0 Å². The van der Waals surface area contributed by atoms with E-state index in [-0.39, 0.29) is 6.04 Å². The van der Waals surface area contributed by atoms with Crippen LogP contribution >= 0.6 is 0 Å². The fraction of sp³-hybridized carbons (Fsp3) is 0.353. The van der Waals surface area contributed by atoms with Crippen LogP contribution in [0.15, 0.2) is 36.5 Å². The predicted octanol–water partition coefficient (Wildman–Crippen LogP) is 1.38. The molecule has 0 aliphatic carbocycles. The molecule has 120 valence electrons. The second-order valence-corrected chi connectivity index (χ2v) is 5.91. The first-order valence-corrected chi connectivity index (χ1v) is 7.77. The van der Waals surface area contributed by atoms with Crippen molar-refractivity contribution in [3.8, 4) is 0 Å². The van der Waals surface area contributed by atoms with Crippen LogP contribution < -0.4 is 10.6 Å². The minimum Gasteiger partial charge on any atom is -0.344 e. The molecule has 2 amide bonds. The predicted molar refractivity (Wildman–Crippen MR) is 89.0 cm³/mol. The van der Waals surface area contributed by atoms with E-state index in [0.717, 1.165) is 31.3 Å². The number of fused-ring (bicyclic) bond motifs is 1. The quantitative estimate of drug-likeness (QED) is 0.822. The zero-order valence-electron chi connectivity index (χ0n) is 13.1. The SMILES string of the molecule is CN1CCC[C@H](NC(=O)C(=O)Nc2cccc3cccnc23)C1. The average molecular weight is 312 g/mol. The smallest absolute Gasteiger partial charge is 0.313 e. The molecule has 0 saturated carbocycles. The number of rotatable bonds is 2. The van der Waals surface area contributed by atoms with E-state index in [2.05, 4.69) is 20.5 Å². The summed E-state index contributed by atoms with van der Waals surface area (Å²) in [6.45, 7) is 1.80. The number of hydrogen-bond acceptors (Lipinski definition) is 4. The molecule has 0 bridgehead atoms. The highest BCUT2D eigenvalue weighted by Crippen LogP contribution is 2.20. The number of anilines is 1. The normalized spacial score (nSPS) is 18.6. The van der Waals surface area contributed by atoms with Crippen molar-refractivity contribution in [2.24, 2.45) is 0 Å². The summed E-state index contributed by atoms with van der Waals surface area (Å²) in [6.07, 6.45) is 3.59. The van der Waals surface area contributed by atoms with E-state index < -0.39 is 11.8 Å². The number of hydrogen-bond donors (Lipinski definition) is 2. The van der Waals surface area contributed by atoms with Crippen molar-refractivity contribution in [2.75, 3.05) is 25.5 Å². The molecule has 1 aliphatic heterocycles. The summed E-state index contributed by atoms with van der Waals surface area (Å²) in [5, 5.41) is 6.38. The molecule has 2 aromatic rings. The number of para-hydroxylation sites is 1. The lowest BCUT2D eigenvalue weighted by molar-refractivity contribution is -0.136. The number of benzene rings is 1. The van der Waals surface area contributed by atoms with Crippen molar-refractivity contribution in [3.63, 3.8) is 0 Å². The van der Waals surface area contributed by atoms with Crippen molar-refractivity contribution in [1.82, 2.24) is 15.2 Å². The maximum Gasteiger partial charge on any atom is 0.313 e. The first-order chi connectivity index (χ1) is 11.1. The molecule has 1 aromatic heterocycles. The minimum atomic E-state index is -0.656. The lowest BCUT2D eigenvalue weighted by Crippen LogP contribution is -2.49. The number of piperidine rings is 1. The Labute approximate surface area is 134 Å². The molecule has 23 heavy (non-hydrogen) atoms. The van der Waals surface area contributed by atoms with Gasteiger partial charge in [-0.2, -0.15) is 0 Å². The van der Waals surface area contributed by atoms with E-state index in [1.807, 2.05) is 31.3 Å². The van der Waals surface area contributed by atoms with Gasteiger partial charge in [0.2, 0.25) is 0 Å². The Balaban J connectivity index is 1.67. The maximum atomic E-state index is 12.1. The number of pyridine rings is 1. The maximum absolute atomic E-state index is 12.1. The lowest BCUT2D eigenvalue weighted by atomic mass is 10.1. The van der Waals surface area contributed by atoms with Gasteiger partial charge in [-0.25, -0.2) is 0 Å². The van der Waals surface area contributed by atoms with Crippen LogP contribution in [0.4, 0.5) is 5.69 Å². The van der Waals surface area contributed by atoms with Gasteiger partial charge in [-0.1, -0.05) is 18.2 Å². The van der Waals surface area contributed by atoms with E-state index in [1.54, 1.807) is 12.3 Å². The van der Waals surface area contributed by atoms with Crippen LogP contribution in [0, 0.1) is 0 Å². The van der Waals surface area contributed by atoms with Gasteiger partial charge in [0.25, 0.3) is 0 Å². The number of nitrogens with zero attached hydrogens (tertiary/aromatic N) is 2. The van der Waals surface area contributed by atoms with Crippen LogP contribution in [0.5, 0.6) is 0 Å². The van der Waals surface area contributed by atoms with Crippen LogP contribution in [0.1, 0.15) is 12.8 Å². The standard InChI is InChI=1S/C17H20N4O2/c1-21-10-4-7-13(11-21)19-16(22)17(23)20-14-8-2-5-12-6-3-9-18-15(12)14/h2-3,5-6,8-9,13H,4,7,10-11H2,1H3,(H,19,22)(H,20,23)/t13-/m0/s1. The molecule has 0 unspecified atom stereocenters. The number of likely N-dealkylation sites (tertiary alicyclic amines) is 1. The van der Waals surface area contributed by atoms with Gasteiger partial charge in [0, 0.05) is 24.2 Å². The molecular formula is C17H20N4O2. The third kappa shape index (κ3) is 3.65. The number of aromatic nitrogens is 1. The Hall–Kier alpha value is -2.47. The Bertz CT molecular complexity index is 726. The Kier molecular flexibility index (Phi) is 4.52. The average Bonchev–Trinajstić information content (AvgIpc) is 2.55. The third-order valence-corrected chi connectivity index (χ3v) is 4.05. The molecule has 3 rings (SSSR count). The van der Waals surface area contributed by atoms with Gasteiger partial charge in [-0.15, -0.1) is 0 Å². The van der Waals surface area contributed by atoms with E-state index in [1.165, 1.54) is 0 Å². The van der Waals surface area contributed by atoms with E-state index >= 15 is 0 Å². The number of likely N-dealkylation sites (N-methyl/N-ethyl adjacent to an activating group) is 1. The Morgan fingerprint density at radius 3 is 2.87 bits per heavy atom. The van der Waals surface area contributed by atoms with Crippen molar-refractivity contribution in [2.45, 2.75) is 18.9 Å². The summed E-state index contributed by atoms with van der Waals surface area (Å²) in [4.78, 5) is 30.7. The van der Waals surface area contributed by atoms with Crippen molar-refractivity contribution < 1.29 is 9.59 Å². The molecule has 6 nitrogen and oxygen atoms in total. The summed E-state index contributed by atoms with van der Waals surface area (Å²) < 4.78 is 0. The van der Waals surface area contributed by atoms with E-state index in [9.17, 15) is 9.59 Å². The highest BCUT2D eigenvalue weighted by Gasteiger charge is 2.22. The van der Waals surface area contributed by atoms with Gasteiger partial charge in [0.05, 0.1) is 11.2 Å². The molecule has 6 heteroatoms. The second kappa shape index (κ2) is 6.75. The Morgan fingerprint density at radius 2 is 2.04 bits per heavy atom. The minimum absolute atomic E-state index is 0.0256. The van der Waals surface area contributed by atoms with Gasteiger partial charge in [0.1, 0.15) is 0 Å². The zero-order valence-corrected chi connectivity index (χ0v) is 13.1. The van der Waals surface area contributed by atoms with Crippen LogP contribution in [0.3, 0.4) is 0 Å². The first-order valence-electron chi connectivity index (χ1n) is 7.77. The number of carbonyl (C=O) groups is 2. The molecule has 1 aromatic carbocycles. The molecule has 1 aliphatic rings. The zero-order chi connectivity index (χ0) is 16.2. The molecular weight excluding hydrogens is 292 g/mol. The first kappa shape index (κ1) is 15.4. The highest BCUT2D eigenvalue weighted by molar-refractivity contribution is 6.40. The van der Waals surface area contributed by atoms with Gasteiger partial charge >= 0.3 is 11.8 Å². The lowest BCUT2D eigenvalue weighted by Gasteiger charge is -2.29. The summed E-state index contributed by atoms with van der Waals surface area (Å²) in [5.74, 6) is -1.25. The van der Waals surface area contributed by atoms with Crippen LogP contribution in [-0.2, 0) is 9.59 Å². The molecule has 1 fully saturated rings. The third-order valence-electron chi connectivity index (χ3n) is 4.05. The largest absolute Gasteiger partial charge is 0.344 e. The second-order valence-electron chi connectivity index (χ2n) is 5.91. The van der Waals surface area contributed by atoms with Gasteiger partial charge in [-0.05, 0) is 38.6 Å². The number of nitrogens with one attached hydrogen (secondary N) is 2. The van der Waals surface area contributed by atoms with Gasteiger partial charge in [0.15, 0.2) is 0 Å². The fourth-order valence-corrected chi connectivity index (χ4v) is 2.92. The van der Waals surface area contributed by atoms with Gasteiger partial charge < -0.3 is 15.5 Å². The topological polar surface area (TPSA) is 74.3 Å². The van der Waals surface area contributed by atoms with E-state index in [0.29, 0.717) is 11.2 Å². The van der Waals surface area contributed by atoms with Crippen LogP contribution in [0.2, 0.25) is 0 Å². The monoisotopic (exact) mass is 312 g/mol. The summed E-state index contributed by atoms with van der Waals surface area (Å²) in [7, 11) is 2.01. The van der Waals surface area contributed by atoms with Crippen molar-refractivity contribution in [1.29, 1.82) is 0 Å². The molecule has 1 saturated heterocycles.